The van der Waals surface area contributed by atoms with E-state index >= 15 is 0 Å². The molecule has 40 heavy (non-hydrogen) atoms. The maximum atomic E-state index is 13.0. The Morgan fingerprint density at radius 3 is 2.17 bits per heavy atom. The highest BCUT2D eigenvalue weighted by atomic mass is 16.6. The quantitative estimate of drug-likeness (QED) is 0.225. The number of amides is 1. The van der Waals surface area contributed by atoms with Crippen LogP contribution < -0.4 is 18.9 Å². The Balaban J connectivity index is 1.40. The van der Waals surface area contributed by atoms with E-state index < -0.39 is 12.1 Å². The van der Waals surface area contributed by atoms with Crippen LogP contribution in [0.25, 0.3) is 11.0 Å². The number of aryl methyl sites for hydroxylation is 1. The third-order valence-corrected chi connectivity index (χ3v) is 6.07. The fourth-order valence-electron chi connectivity index (χ4n) is 4.02. The molecule has 1 heterocycles. The molecule has 0 saturated carbocycles. The van der Waals surface area contributed by atoms with Gasteiger partial charge in [-0.25, -0.2) is 9.78 Å². The zero-order chi connectivity index (χ0) is 28.5. The minimum atomic E-state index is -0.670. The van der Waals surface area contributed by atoms with Gasteiger partial charge in [0, 0.05) is 19.7 Å². The molecule has 210 valence electrons. The average molecular weight is 548 g/mol. The summed E-state index contributed by atoms with van der Waals surface area (Å²) < 4.78 is 29.2. The molecule has 0 radical (unpaired) electrons. The van der Waals surface area contributed by atoms with E-state index in [1.54, 1.807) is 50.4 Å². The zero-order valence-corrected chi connectivity index (χ0v) is 23.1. The molecular formula is C30H33N3O7. The van der Waals surface area contributed by atoms with Gasteiger partial charge in [0.1, 0.15) is 42.0 Å². The number of rotatable bonds is 12. The summed E-state index contributed by atoms with van der Waals surface area (Å²) in [6.45, 7) is 4.51. The molecule has 4 aromatic rings. The average Bonchev–Trinajstić information content (AvgIpc) is 3.28. The van der Waals surface area contributed by atoms with E-state index in [-0.39, 0.29) is 26.3 Å². The number of aromatic nitrogens is 2. The highest BCUT2D eigenvalue weighted by Gasteiger charge is 2.21. The van der Waals surface area contributed by atoms with Crippen molar-refractivity contribution >= 4 is 23.1 Å². The zero-order valence-electron chi connectivity index (χ0n) is 23.1. The van der Waals surface area contributed by atoms with Gasteiger partial charge in [-0.05, 0) is 67.9 Å². The lowest BCUT2D eigenvalue weighted by Gasteiger charge is -2.21. The van der Waals surface area contributed by atoms with Crippen molar-refractivity contribution in [2.75, 3.05) is 26.9 Å². The summed E-state index contributed by atoms with van der Waals surface area (Å²) >= 11 is 0. The number of imidazole rings is 1. The second kappa shape index (κ2) is 13.4. The van der Waals surface area contributed by atoms with Gasteiger partial charge in [0.15, 0.2) is 0 Å². The van der Waals surface area contributed by atoms with E-state index in [0.717, 1.165) is 28.2 Å². The Hall–Kier alpha value is -4.73. The van der Waals surface area contributed by atoms with Crippen molar-refractivity contribution in [3.8, 4) is 23.0 Å². The number of esters is 1. The molecule has 3 aromatic carbocycles. The maximum Gasteiger partial charge on any atom is 0.416 e. The summed E-state index contributed by atoms with van der Waals surface area (Å²) in [5.74, 6) is 2.66. The Morgan fingerprint density at radius 2 is 1.50 bits per heavy atom. The largest absolute Gasteiger partial charge is 0.497 e. The van der Waals surface area contributed by atoms with Crippen LogP contribution in [0.3, 0.4) is 0 Å². The third kappa shape index (κ3) is 7.22. The molecule has 10 heteroatoms. The minimum absolute atomic E-state index is 0.140. The first-order valence-electron chi connectivity index (χ1n) is 13.0. The van der Waals surface area contributed by atoms with Crippen molar-refractivity contribution in [1.29, 1.82) is 0 Å². The number of fused-ring (bicyclic) bond motifs is 1. The topological polar surface area (TPSA) is 101 Å². The van der Waals surface area contributed by atoms with Gasteiger partial charge in [-0.15, -0.1) is 0 Å². The van der Waals surface area contributed by atoms with Gasteiger partial charge >= 0.3 is 12.1 Å². The lowest BCUT2D eigenvalue weighted by atomic mass is 10.2. The first-order chi connectivity index (χ1) is 19.4. The van der Waals surface area contributed by atoms with Crippen LogP contribution in [-0.4, -0.2) is 53.4 Å². The van der Waals surface area contributed by atoms with Crippen molar-refractivity contribution in [2.24, 2.45) is 7.05 Å². The Labute approximate surface area is 233 Å². The Kier molecular flexibility index (Phi) is 9.45. The SMILES string of the molecule is CCOC(=O)CN(Cc1ccc(OCc2nc3ccc(OC)cc3n2C)cc1)C(=O)Oc1ccc(OCC)cc1. The van der Waals surface area contributed by atoms with E-state index in [1.165, 1.54) is 4.90 Å². The summed E-state index contributed by atoms with van der Waals surface area (Å²) in [6, 6.07) is 19.7. The molecule has 0 aliphatic carbocycles. The van der Waals surface area contributed by atoms with Gasteiger partial charge in [0.2, 0.25) is 0 Å². The number of nitrogens with zero attached hydrogens (tertiary/aromatic N) is 3. The van der Waals surface area contributed by atoms with Crippen LogP contribution >= 0.6 is 0 Å². The summed E-state index contributed by atoms with van der Waals surface area (Å²) in [6.07, 6.45) is -0.670. The van der Waals surface area contributed by atoms with Crippen LogP contribution in [0.1, 0.15) is 25.2 Å². The number of carbonyl (C=O) groups is 2. The molecule has 0 aliphatic heterocycles. The van der Waals surface area contributed by atoms with E-state index in [9.17, 15) is 9.59 Å². The molecule has 1 aromatic heterocycles. The first kappa shape index (κ1) is 28.3. The number of ether oxygens (including phenoxy) is 5. The predicted octanol–water partition coefficient (Wildman–Crippen LogP) is 5.12. The minimum Gasteiger partial charge on any atom is -0.497 e. The van der Waals surface area contributed by atoms with Crippen LogP contribution in [0, 0.1) is 0 Å². The first-order valence-corrected chi connectivity index (χ1v) is 13.0. The number of hydrogen-bond acceptors (Lipinski definition) is 8. The van der Waals surface area contributed by atoms with Gasteiger partial charge in [0.25, 0.3) is 0 Å². The van der Waals surface area contributed by atoms with Gasteiger partial charge in [-0.3, -0.25) is 9.69 Å². The molecule has 0 bridgehead atoms. The van der Waals surface area contributed by atoms with Crippen molar-refractivity contribution < 1.29 is 33.3 Å². The molecule has 10 nitrogen and oxygen atoms in total. The molecule has 1 amide bonds. The molecule has 0 atom stereocenters. The number of benzene rings is 3. The summed E-state index contributed by atoms with van der Waals surface area (Å²) in [5, 5.41) is 0. The van der Waals surface area contributed by atoms with E-state index in [4.69, 9.17) is 23.7 Å². The van der Waals surface area contributed by atoms with Gasteiger partial charge < -0.3 is 28.3 Å². The fraction of sp³-hybridized carbons (Fsp3) is 0.300. The monoisotopic (exact) mass is 547 g/mol. The van der Waals surface area contributed by atoms with Crippen LogP contribution in [0.5, 0.6) is 23.0 Å². The van der Waals surface area contributed by atoms with Crippen molar-refractivity contribution in [2.45, 2.75) is 27.0 Å². The summed E-state index contributed by atoms with van der Waals surface area (Å²) in [4.78, 5) is 31.1. The van der Waals surface area contributed by atoms with Gasteiger partial charge in [-0.1, -0.05) is 12.1 Å². The van der Waals surface area contributed by atoms with Crippen molar-refractivity contribution in [3.63, 3.8) is 0 Å². The molecular weight excluding hydrogens is 514 g/mol. The summed E-state index contributed by atoms with van der Waals surface area (Å²) in [7, 11) is 3.56. The molecule has 0 unspecified atom stereocenters. The molecule has 0 N–H and O–H groups in total. The molecule has 0 spiro atoms. The van der Waals surface area contributed by atoms with Crippen LogP contribution in [0.4, 0.5) is 4.79 Å². The molecule has 0 saturated heterocycles. The lowest BCUT2D eigenvalue weighted by Crippen LogP contribution is -2.38. The number of hydrogen-bond donors (Lipinski definition) is 0. The second-order valence-corrected chi connectivity index (χ2v) is 8.81. The Bertz CT molecular complexity index is 1430. The summed E-state index contributed by atoms with van der Waals surface area (Å²) in [5.41, 5.74) is 2.60. The highest BCUT2D eigenvalue weighted by molar-refractivity contribution is 5.79. The second-order valence-electron chi connectivity index (χ2n) is 8.81. The molecule has 0 aliphatic rings. The predicted molar refractivity (Wildman–Crippen MR) is 149 cm³/mol. The lowest BCUT2D eigenvalue weighted by molar-refractivity contribution is -0.144. The highest BCUT2D eigenvalue weighted by Crippen LogP contribution is 2.23. The van der Waals surface area contributed by atoms with E-state index in [2.05, 4.69) is 4.98 Å². The normalized spacial score (nSPS) is 10.7. The third-order valence-electron chi connectivity index (χ3n) is 6.07. The van der Waals surface area contributed by atoms with Crippen molar-refractivity contribution in [1.82, 2.24) is 14.5 Å². The molecule has 0 fully saturated rings. The van der Waals surface area contributed by atoms with Gasteiger partial charge in [0.05, 0.1) is 31.4 Å². The number of carbonyl (C=O) groups excluding carboxylic acids is 2. The maximum absolute atomic E-state index is 13.0. The Morgan fingerprint density at radius 1 is 0.850 bits per heavy atom. The fourth-order valence-corrected chi connectivity index (χ4v) is 4.02. The standard InChI is InChI=1S/C30H33N3O7/c1-5-37-22-11-13-24(14-12-22)40-30(35)33(19-29(34)38-6-2)18-21-7-9-23(10-8-21)39-20-28-31-26-16-15-25(36-4)17-27(26)32(28)3/h7-17H,5-6,18-20H2,1-4H3. The van der Waals surface area contributed by atoms with Gasteiger partial charge in [-0.2, -0.15) is 0 Å². The molecule has 4 rings (SSSR count). The van der Waals surface area contributed by atoms with Crippen LogP contribution in [0.2, 0.25) is 0 Å². The van der Waals surface area contributed by atoms with E-state index in [0.29, 0.717) is 23.9 Å². The smallest absolute Gasteiger partial charge is 0.416 e. The number of methoxy groups -OCH3 is 1. The van der Waals surface area contributed by atoms with Crippen molar-refractivity contribution in [3.05, 3.63) is 78.1 Å². The van der Waals surface area contributed by atoms with E-state index in [1.807, 2.05) is 48.9 Å². The van der Waals surface area contributed by atoms with Crippen LogP contribution in [-0.2, 0) is 29.7 Å². The van der Waals surface area contributed by atoms with Crippen LogP contribution in [0.15, 0.2) is 66.7 Å².